The van der Waals surface area contributed by atoms with E-state index < -0.39 is 6.10 Å². The molecule has 0 bridgehead atoms. The van der Waals surface area contributed by atoms with Gasteiger partial charge in [0, 0.05) is 5.56 Å². The molecule has 80 valence electrons. The Hall–Kier alpha value is -1.15. The van der Waals surface area contributed by atoms with Crippen molar-refractivity contribution in [1.82, 2.24) is 0 Å². The van der Waals surface area contributed by atoms with Gasteiger partial charge in [0.05, 0.1) is 12.0 Å². The summed E-state index contributed by atoms with van der Waals surface area (Å²) in [4.78, 5) is 11.9. The number of aliphatic hydroxyl groups is 1. The van der Waals surface area contributed by atoms with Crippen LogP contribution in [0.3, 0.4) is 0 Å². The van der Waals surface area contributed by atoms with E-state index in [2.05, 4.69) is 13.0 Å². The fraction of sp³-hybridized carbons (Fsp3) is 0.462. The Kier molecular flexibility index (Phi) is 2.61. The fourth-order valence-electron chi connectivity index (χ4n) is 2.17. The van der Waals surface area contributed by atoms with E-state index in [0.717, 1.165) is 17.5 Å². The van der Waals surface area contributed by atoms with Gasteiger partial charge in [0.25, 0.3) is 0 Å². The summed E-state index contributed by atoms with van der Waals surface area (Å²) in [6.07, 6.45) is 1.09. The Morgan fingerprint density at radius 2 is 2.27 bits per heavy atom. The SMILES string of the molecule is CCc1ccc2c(c1)C(=O)C(C(C)O)C2. The summed E-state index contributed by atoms with van der Waals surface area (Å²) in [5, 5.41) is 9.50. The third-order valence-electron chi connectivity index (χ3n) is 3.21. The second-order valence-electron chi connectivity index (χ2n) is 4.26. The van der Waals surface area contributed by atoms with E-state index in [1.165, 1.54) is 5.56 Å². The molecule has 15 heavy (non-hydrogen) atoms. The van der Waals surface area contributed by atoms with E-state index in [9.17, 15) is 9.90 Å². The number of ketones is 1. The summed E-state index contributed by atoms with van der Waals surface area (Å²) >= 11 is 0. The number of aryl methyl sites for hydroxylation is 1. The molecule has 2 rings (SSSR count). The molecule has 0 fully saturated rings. The zero-order valence-electron chi connectivity index (χ0n) is 9.16. The number of rotatable bonds is 2. The lowest BCUT2D eigenvalue weighted by Gasteiger charge is -2.09. The minimum absolute atomic E-state index is 0.107. The topological polar surface area (TPSA) is 37.3 Å². The minimum atomic E-state index is -0.546. The summed E-state index contributed by atoms with van der Waals surface area (Å²) in [7, 11) is 0. The lowest BCUT2D eigenvalue weighted by atomic mass is 9.99. The molecule has 2 unspecified atom stereocenters. The predicted molar refractivity (Wildman–Crippen MR) is 59.0 cm³/mol. The highest BCUT2D eigenvalue weighted by Crippen LogP contribution is 2.29. The number of hydrogen-bond donors (Lipinski definition) is 1. The predicted octanol–water partition coefficient (Wildman–Crippen LogP) is 1.98. The van der Waals surface area contributed by atoms with Gasteiger partial charge in [0.15, 0.2) is 5.78 Å². The number of benzene rings is 1. The lowest BCUT2D eigenvalue weighted by molar-refractivity contribution is 0.0758. The first-order valence-electron chi connectivity index (χ1n) is 5.47. The van der Waals surface area contributed by atoms with Gasteiger partial charge in [-0.1, -0.05) is 19.1 Å². The molecule has 0 spiro atoms. The molecule has 1 aromatic rings. The van der Waals surface area contributed by atoms with Gasteiger partial charge in [-0.3, -0.25) is 4.79 Å². The molecule has 1 aliphatic carbocycles. The number of carbonyl (C=O) groups is 1. The van der Waals surface area contributed by atoms with Crippen LogP contribution in [0.4, 0.5) is 0 Å². The number of aliphatic hydroxyl groups excluding tert-OH is 1. The van der Waals surface area contributed by atoms with Crippen LogP contribution in [0.1, 0.15) is 35.3 Å². The van der Waals surface area contributed by atoms with Crippen molar-refractivity contribution in [1.29, 1.82) is 0 Å². The molecule has 0 radical (unpaired) electrons. The zero-order valence-corrected chi connectivity index (χ0v) is 9.16. The van der Waals surface area contributed by atoms with Gasteiger partial charge in [-0.05, 0) is 37.0 Å². The van der Waals surface area contributed by atoms with Gasteiger partial charge in [-0.2, -0.15) is 0 Å². The molecule has 2 nitrogen and oxygen atoms in total. The van der Waals surface area contributed by atoms with Gasteiger partial charge >= 0.3 is 0 Å². The lowest BCUT2D eigenvalue weighted by Crippen LogP contribution is -2.22. The maximum Gasteiger partial charge on any atom is 0.169 e. The maximum atomic E-state index is 11.9. The fourth-order valence-corrected chi connectivity index (χ4v) is 2.17. The van der Waals surface area contributed by atoms with Crippen molar-refractivity contribution in [3.8, 4) is 0 Å². The van der Waals surface area contributed by atoms with Crippen molar-refractivity contribution >= 4 is 5.78 Å². The molecule has 0 saturated carbocycles. The van der Waals surface area contributed by atoms with Crippen LogP contribution in [-0.2, 0) is 12.8 Å². The Balaban J connectivity index is 2.38. The molecule has 0 amide bonds. The molecule has 2 atom stereocenters. The standard InChI is InChI=1S/C13H16O2/c1-3-9-4-5-10-7-11(8(2)14)13(15)12(10)6-9/h4-6,8,11,14H,3,7H2,1-2H3. The third-order valence-corrected chi connectivity index (χ3v) is 3.21. The highest BCUT2D eigenvalue weighted by molar-refractivity contribution is 6.02. The Morgan fingerprint density at radius 1 is 1.53 bits per heavy atom. The van der Waals surface area contributed by atoms with Crippen molar-refractivity contribution in [2.24, 2.45) is 5.92 Å². The second kappa shape index (κ2) is 3.78. The quantitative estimate of drug-likeness (QED) is 0.799. The average Bonchev–Trinajstić information content (AvgIpc) is 2.56. The molecule has 2 heteroatoms. The van der Waals surface area contributed by atoms with Crippen LogP contribution in [0.2, 0.25) is 0 Å². The summed E-state index contributed by atoms with van der Waals surface area (Å²) in [6, 6.07) is 6.06. The molecule has 0 saturated heterocycles. The van der Waals surface area contributed by atoms with Gasteiger partial charge in [-0.15, -0.1) is 0 Å². The summed E-state index contributed by atoms with van der Waals surface area (Å²) in [5.41, 5.74) is 3.09. The van der Waals surface area contributed by atoms with Gasteiger partial charge in [0.1, 0.15) is 0 Å². The summed E-state index contributed by atoms with van der Waals surface area (Å²) in [6.45, 7) is 3.77. The van der Waals surface area contributed by atoms with Crippen molar-refractivity contribution in [2.45, 2.75) is 32.8 Å². The van der Waals surface area contributed by atoms with E-state index in [1.807, 2.05) is 12.1 Å². The Labute approximate surface area is 89.9 Å². The zero-order chi connectivity index (χ0) is 11.0. The van der Waals surface area contributed by atoms with E-state index >= 15 is 0 Å². The molecule has 0 heterocycles. The number of carbonyl (C=O) groups excluding carboxylic acids is 1. The van der Waals surface area contributed by atoms with E-state index in [-0.39, 0.29) is 11.7 Å². The van der Waals surface area contributed by atoms with E-state index in [4.69, 9.17) is 0 Å². The first kappa shape index (κ1) is 10.4. The second-order valence-corrected chi connectivity index (χ2v) is 4.26. The van der Waals surface area contributed by atoms with Crippen molar-refractivity contribution < 1.29 is 9.90 Å². The maximum absolute atomic E-state index is 11.9. The molecular weight excluding hydrogens is 188 g/mol. The molecule has 1 aliphatic rings. The van der Waals surface area contributed by atoms with Crippen molar-refractivity contribution in [3.63, 3.8) is 0 Å². The van der Waals surface area contributed by atoms with E-state index in [1.54, 1.807) is 6.92 Å². The van der Waals surface area contributed by atoms with Crippen LogP contribution in [0.15, 0.2) is 18.2 Å². The number of fused-ring (bicyclic) bond motifs is 1. The number of hydrogen-bond acceptors (Lipinski definition) is 2. The Morgan fingerprint density at radius 3 is 2.87 bits per heavy atom. The van der Waals surface area contributed by atoms with Crippen LogP contribution < -0.4 is 0 Å². The number of Topliss-reactive ketones (excluding diaryl/α,β-unsaturated/α-hetero) is 1. The highest BCUT2D eigenvalue weighted by atomic mass is 16.3. The monoisotopic (exact) mass is 204 g/mol. The smallest absolute Gasteiger partial charge is 0.169 e. The van der Waals surface area contributed by atoms with Crippen LogP contribution >= 0.6 is 0 Å². The molecular formula is C13H16O2. The average molecular weight is 204 g/mol. The normalized spacial score (nSPS) is 21.5. The largest absolute Gasteiger partial charge is 0.393 e. The molecule has 0 aliphatic heterocycles. The van der Waals surface area contributed by atoms with Crippen LogP contribution in [0.5, 0.6) is 0 Å². The van der Waals surface area contributed by atoms with Gasteiger partial charge in [0.2, 0.25) is 0 Å². The first-order chi connectivity index (χ1) is 7.13. The van der Waals surface area contributed by atoms with Crippen LogP contribution in [0.25, 0.3) is 0 Å². The van der Waals surface area contributed by atoms with Crippen molar-refractivity contribution in [3.05, 3.63) is 34.9 Å². The molecule has 0 aromatic heterocycles. The van der Waals surface area contributed by atoms with Gasteiger partial charge in [-0.25, -0.2) is 0 Å². The first-order valence-corrected chi connectivity index (χ1v) is 5.47. The molecule has 1 aromatic carbocycles. The Bertz CT molecular complexity index is 394. The van der Waals surface area contributed by atoms with Crippen molar-refractivity contribution in [2.75, 3.05) is 0 Å². The van der Waals surface area contributed by atoms with Gasteiger partial charge < -0.3 is 5.11 Å². The third kappa shape index (κ3) is 1.70. The summed E-state index contributed by atoms with van der Waals surface area (Å²) in [5.74, 6) is -0.123. The van der Waals surface area contributed by atoms with Crippen LogP contribution in [-0.4, -0.2) is 17.0 Å². The minimum Gasteiger partial charge on any atom is -0.393 e. The summed E-state index contributed by atoms with van der Waals surface area (Å²) < 4.78 is 0. The molecule has 1 N–H and O–H groups in total. The van der Waals surface area contributed by atoms with E-state index in [0.29, 0.717) is 6.42 Å². The van der Waals surface area contributed by atoms with Crippen LogP contribution in [0, 0.1) is 5.92 Å². The highest BCUT2D eigenvalue weighted by Gasteiger charge is 2.33.